The number of sulfonamides is 1. The summed E-state index contributed by atoms with van der Waals surface area (Å²) in [5.74, 6) is 0.752. The van der Waals surface area contributed by atoms with Gasteiger partial charge in [-0.2, -0.15) is 0 Å². The molecule has 1 aromatic heterocycles. The third-order valence-corrected chi connectivity index (χ3v) is 6.22. The Morgan fingerprint density at radius 1 is 1.17 bits per heavy atom. The van der Waals surface area contributed by atoms with Crippen molar-refractivity contribution in [3.63, 3.8) is 0 Å². The highest BCUT2D eigenvalue weighted by molar-refractivity contribution is 7.89. The Balaban J connectivity index is 1.49. The molecule has 0 saturated heterocycles. The van der Waals surface area contributed by atoms with Crippen molar-refractivity contribution in [2.24, 2.45) is 5.92 Å². The molecule has 0 aliphatic heterocycles. The first-order valence-electron chi connectivity index (χ1n) is 8.64. The van der Waals surface area contributed by atoms with E-state index in [-0.39, 0.29) is 11.8 Å². The third kappa shape index (κ3) is 4.45. The van der Waals surface area contributed by atoms with Crippen molar-refractivity contribution < 1.29 is 8.42 Å². The first kappa shape index (κ1) is 17.2. The van der Waals surface area contributed by atoms with Gasteiger partial charge in [-0.25, -0.2) is 13.1 Å². The molecule has 1 saturated carbocycles. The zero-order valence-electron chi connectivity index (χ0n) is 14.0. The summed E-state index contributed by atoms with van der Waals surface area (Å²) < 4.78 is 26.1. The van der Waals surface area contributed by atoms with Crippen LogP contribution in [0.5, 0.6) is 0 Å². The number of nitrogens with one attached hydrogen (secondary N) is 2. The molecule has 6 heteroatoms. The molecule has 0 radical (unpaired) electrons. The highest BCUT2D eigenvalue weighted by Crippen LogP contribution is 2.26. The highest BCUT2D eigenvalue weighted by atomic mass is 32.2. The van der Waals surface area contributed by atoms with Crippen molar-refractivity contribution >= 4 is 26.6 Å². The summed E-state index contributed by atoms with van der Waals surface area (Å²) in [7, 11) is -3.08. The number of hydrogen-bond acceptors (Lipinski definition) is 4. The maximum absolute atomic E-state index is 11.6. The average molecular weight is 347 g/mol. The minimum absolute atomic E-state index is 0.109. The topological polar surface area (TPSA) is 71.1 Å². The fourth-order valence-electron chi connectivity index (χ4n) is 3.27. The number of benzene rings is 1. The number of hydrogen-bond donors (Lipinski definition) is 2. The van der Waals surface area contributed by atoms with Gasteiger partial charge in [-0.1, -0.05) is 6.07 Å². The van der Waals surface area contributed by atoms with Crippen LogP contribution in [0.4, 0.5) is 5.69 Å². The molecule has 0 bridgehead atoms. The Morgan fingerprint density at radius 3 is 2.71 bits per heavy atom. The van der Waals surface area contributed by atoms with Gasteiger partial charge < -0.3 is 5.32 Å². The number of fused-ring (bicyclic) bond motifs is 1. The van der Waals surface area contributed by atoms with Crippen LogP contribution in [-0.2, 0) is 10.0 Å². The quantitative estimate of drug-likeness (QED) is 0.842. The second-order valence-electron chi connectivity index (χ2n) is 6.53. The van der Waals surface area contributed by atoms with Gasteiger partial charge in [0.25, 0.3) is 0 Å². The van der Waals surface area contributed by atoms with E-state index in [9.17, 15) is 8.42 Å². The molecule has 1 aliphatic rings. The van der Waals surface area contributed by atoms with Crippen LogP contribution in [0.15, 0.2) is 36.5 Å². The van der Waals surface area contributed by atoms with E-state index in [1.807, 2.05) is 12.1 Å². The van der Waals surface area contributed by atoms with Gasteiger partial charge in [0.05, 0.1) is 11.3 Å². The largest absolute Gasteiger partial charge is 0.385 e. The third-order valence-electron chi connectivity index (χ3n) is 4.77. The maximum atomic E-state index is 11.6. The number of nitrogens with zero attached hydrogens (tertiary/aromatic N) is 1. The van der Waals surface area contributed by atoms with Crippen molar-refractivity contribution in [1.29, 1.82) is 0 Å². The normalized spacial score (nSPS) is 21.7. The van der Waals surface area contributed by atoms with Gasteiger partial charge >= 0.3 is 0 Å². The Morgan fingerprint density at radius 2 is 1.96 bits per heavy atom. The van der Waals surface area contributed by atoms with Crippen LogP contribution in [0.1, 0.15) is 32.6 Å². The molecule has 0 unspecified atom stereocenters. The van der Waals surface area contributed by atoms with Crippen LogP contribution in [0.25, 0.3) is 10.9 Å². The van der Waals surface area contributed by atoms with Gasteiger partial charge in [-0.15, -0.1) is 0 Å². The molecule has 3 rings (SSSR count). The van der Waals surface area contributed by atoms with Gasteiger partial charge in [0.15, 0.2) is 0 Å². The Labute approximate surface area is 143 Å². The summed E-state index contributed by atoms with van der Waals surface area (Å²) in [6, 6.07) is 10.4. The Kier molecular flexibility index (Phi) is 5.36. The van der Waals surface area contributed by atoms with Crippen molar-refractivity contribution in [3.8, 4) is 0 Å². The summed E-state index contributed by atoms with van der Waals surface area (Å²) in [5.41, 5.74) is 2.12. The lowest BCUT2D eigenvalue weighted by Crippen LogP contribution is -2.39. The van der Waals surface area contributed by atoms with E-state index in [2.05, 4.69) is 33.2 Å². The van der Waals surface area contributed by atoms with Crippen LogP contribution in [0.3, 0.4) is 0 Å². The van der Waals surface area contributed by atoms with Crippen molar-refractivity contribution in [2.45, 2.75) is 38.6 Å². The molecule has 1 heterocycles. The lowest BCUT2D eigenvalue weighted by molar-refractivity contribution is 0.324. The Hall–Kier alpha value is -1.66. The monoisotopic (exact) mass is 347 g/mol. The van der Waals surface area contributed by atoms with E-state index in [0.717, 1.165) is 48.8 Å². The fourth-order valence-corrected chi connectivity index (χ4v) is 4.18. The molecule has 2 aromatic rings. The summed E-state index contributed by atoms with van der Waals surface area (Å²) in [4.78, 5) is 4.33. The zero-order valence-corrected chi connectivity index (χ0v) is 14.8. The smallest absolute Gasteiger partial charge is 0.211 e. The number of rotatable bonds is 6. The van der Waals surface area contributed by atoms with E-state index in [0.29, 0.717) is 5.92 Å². The number of pyridine rings is 1. The molecule has 0 spiro atoms. The molecule has 2 N–H and O–H groups in total. The summed E-state index contributed by atoms with van der Waals surface area (Å²) in [6.07, 6.45) is 5.76. The minimum atomic E-state index is -3.08. The number of anilines is 1. The molecule has 1 aromatic carbocycles. The first-order valence-corrected chi connectivity index (χ1v) is 10.3. The second-order valence-corrected chi connectivity index (χ2v) is 8.57. The zero-order chi connectivity index (χ0) is 17.0. The summed E-state index contributed by atoms with van der Waals surface area (Å²) in [5, 5.41) is 4.65. The van der Waals surface area contributed by atoms with Crippen LogP contribution >= 0.6 is 0 Å². The van der Waals surface area contributed by atoms with E-state index < -0.39 is 10.0 Å². The SMILES string of the molecule is CCS(=O)(=O)N[C@H]1CC[C@H](CNc2ccc3ncccc3c2)CC1. The van der Waals surface area contributed by atoms with Gasteiger partial charge in [0.2, 0.25) is 10.0 Å². The minimum Gasteiger partial charge on any atom is -0.385 e. The molecule has 5 nitrogen and oxygen atoms in total. The molecule has 0 atom stereocenters. The predicted molar refractivity (Wildman–Crippen MR) is 98.6 cm³/mol. The van der Waals surface area contributed by atoms with Crippen LogP contribution < -0.4 is 10.0 Å². The van der Waals surface area contributed by atoms with Gasteiger partial charge in [-0.05, 0) is 62.8 Å². The second kappa shape index (κ2) is 7.49. The van der Waals surface area contributed by atoms with Gasteiger partial charge in [0.1, 0.15) is 0 Å². The summed E-state index contributed by atoms with van der Waals surface area (Å²) in [6.45, 7) is 2.61. The maximum Gasteiger partial charge on any atom is 0.211 e. The highest BCUT2D eigenvalue weighted by Gasteiger charge is 2.23. The van der Waals surface area contributed by atoms with E-state index >= 15 is 0 Å². The average Bonchev–Trinajstić information content (AvgIpc) is 2.61. The molecular formula is C18H25N3O2S. The summed E-state index contributed by atoms with van der Waals surface area (Å²) >= 11 is 0. The Bertz CT molecular complexity index is 784. The van der Waals surface area contributed by atoms with Crippen molar-refractivity contribution in [2.75, 3.05) is 17.6 Å². The fraction of sp³-hybridized carbons (Fsp3) is 0.500. The molecule has 130 valence electrons. The lowest BCUT2D eigenvalue weighted by Gasteiger charge is -2.29. The molecule has 1 aliphatic carbocycles. The van der Waals surface area contributed by atoms with Gasteiger partial charge in [0, 0.05) is 29.9 Å². The van der Waals surface area contributed by atoms with Crippen LogP contribution in [0.2, 0.25) is 0 Å². The molecule has 0 amide bonds. The van der Waals surface area contributed by atoms with E-state index in [1.165, 1.54) is 0 Å². The van der Waals surface area contributed by atoms with Crippen LogP contribution in [-0.4, -0.2) is 31.7 Å². The van der Waals surface area contributed by atoms with Crippen molar-refractivity contribution in [3.05, 3.63) is 36.5 Å². The molecule has 24 heavy (non-hydrogen) atoms. The van der Waals surface area contributed by atoms with Gasteiger partial charge in [-0.3, -0.25) is 4.98 Å². The van der Waals surface area contributed by atoms with Crippen molar-refractivity contribution in [1.82, 2.24) is 9.71 Å². The van der Waals surface area contributed by atoms with E-state index in [1.54, 1.807) is 13.1 Å². The van der Waals surface area contributed by atoms with E-state index in [4.69, 9.17) is 0 Å². The first-order chi connectivity index (χ1) is 11.6. The molecular weight excluding hydrogens is 322 g/mol. The molecule has 1 fully saturated rings. The lowest BCUT2D eigenvalue weighted by atomic mass is 9.86. The predicted octanol–water partition coefficient (Wildman–Crippen LogP) is 3.14. The number of aromatic nitrogens is 1. The van der Waals surface area contributed by atoms with Crippen LogP contribution in [0, 0.1) is 5.92 Å². The standard InChI is InChI=1S/C18H25N3O2S/c1-2-24(22,23)21-16-7-5-14(6-8-16)13-20-17-9-10-18-15(12-17)4-3-11-19-18/h3-4,9-12,14,16,20-21H,2,5-8,13H2,1H3/t14-,16-.